The number of ether oxygens (including phenoxy) is 1. The highest BCUT2D eigenvalue weighted by atomic mass is 35.5. The van der Waals surface area contributed by atoms with Crippen molar-refractivity contribution in [1.82, 2.24) is 0 Å². The van der Waals surface area contributed by atoms with E-state index in [4.69, 9.17) is 16.3 Å². The summed E-state index contributed by atoms with van der Waals surface area (Å²) in [6.45, 7) is 4.81. The molecule has 0 radical (unpaired) electrons. The van der Waals surface area contributed by atoms with E-state index >= 15 is 0 Å². The third-order valence-corrected chi connectivity index (χ3v) is 4.40. The average molecular weight is 401 g/mol. The smallest absolute Gasteiger partial charge is 0.251 e. The molecular formula is C21H21ClN2O4. The Hall–Kier alpha value is -3.12. The molecule has 0 fully saturated rings. The zero-order chi connectivity index (χ0) is 20.8. The summed E-state index contributed by atoms with van der Waals surface area (Å²) in [5.41, 5.74) is 2.53. The van der Waals surface area contributed by atoms with Crippen LogP contribution in [-0.4, -0.2) is 24.7 Å². The topological polar surface area (TPSA) is 84.5 Å². The standard InChI is InChI=1S/C21H21ClN2O4/c1-12-9-18(19(28-4)11-17(12)22)24-21(27)13(2)10-20(26)23-16-7-5-15(6-8-16)14(3)25/h5-11H,1-4H3,(H,23,26)(H,24,27)/b13-10-. The van der Waals surface area contributed by atoms with E-state index in [1.807, 2.05) is 6.92 Å². The van der Waals surface area contributed by atoms with E-state index in [-0.39, 0.29) is 11.4 Å². The number of carbonyl (C=O) groups excluding carboxylic acids is 3. The van der Waals surface area contributed by atoms with Crippen molar-refractivity contribution in [3.63, 3.8) is 0 Å². The molecule has 2 N–H and O–H groups in total. The summed E-state index contributed by atoms with van der Waals surface area (Å²) in [7, 11) is 1.48. The van der Waals surface area contributed by atoms with Gasteiger partial charge in [-0.05, 0) is 56.7 Å². The van der Waals surface area contributed by atoms with E-state index in [0.717, 1.165) is 5.56 Å². The van der Waals surface area contributed by atoms with Gasteiger partial charge in [-0.3, -0.25) is 14.4 Å². The normalized spacial score (nSPS) is 11.0. The van der Waals surface area contributed by atoms with Gasteiger partial charge in [0.15, 0.2) is 5.78 Å². The maximum Gasteiger partial charge on any atom is 0.251 e. The number of benzene rings is 2. The van der Waals surface area contributed by atoms with Crippen LogP contribution >= 0.6 is 11.6 Å². The highest BCUT2D eigenvalue weighted by molar-refractivity contribution is 6.31. The fourth-order valence-electron chi connectivity index (χ4n) is 2.38. The van der Waals surface area contributed by atoms with E-state index in [1.165, 1.54) is 27.0 Å². The van der Waals surface area contributed by atoms with E-state index < -0.39 is 11.8 Å². The van der Waals surface area contributed by atoms with Gasteiger partial charge in [-0.2, -0.15) is 0 Å². The molecule has 0 heterocycles. The Labute approximate surface area is 168 Å². The first-order chi connectivity index (χ1) is 13.2. The molecule has 0 aromatic heterocycles. The monoisotopic (exact) mass is 400 g/mol. The lowest BCUT2D eigenvalue weighted by Crippen LogP contribution is -2.16. The molecule has 0 unspecified atom stereocenters. The Bertz CT molecular complexity index is 950. The second kappa shape index (κ2) is 9.19. The largest absolute Gasteiger partial charge is 0.495 e. The van der Waals surface area contributed by atoms with E-state index in [1.54, 1.807) is 36.4 Å². The van der Waals surface area contributed by atoms with Gasteiger partial charge in [0.05, 0.1) is 12.8 Å². The first-order valence-electron chi connectivity index (χ1n) is 8.47. The van der Waals surface area contributed by atoms with Gasteiger partial charge in [0.2, 0.25) is 5.91 Å². The molecule has 28 heavy (non-hydrogen) atoms. The number of methoxy groups -OCH3 is 1. The predicted octanol–water partition coefficient (Wildman–Crippen LogP) is 4.38. The molecule has 0 atom stereocenters. The van der Waals surface area contributed by atoms with Crippen LogP contribution in [0.1, 0.15) is 29.8 Å². The second-order valence-electron chi connectivity index (χ2n) is 6.21. The molecule has 2 amide bonds. The molecule has 0 saturated heterocycles. The Morgan fingerprint density at radius 1 is 1.04 bits per heavy atom. The number of carbonyl (C=O) groups is 3. The highest BCUT2D eigenvalue weighted by Gasteiger charge is 2.13. The van der Waals surface area contributed by atoms with Crippen molar-refractivity contribution >= 4 is 40.6 Å². The Kier molecular flexibility index (Phi) is 6.95. The fourth-order valence-corrected chi connectivity index (χ4v) is 2.53. The van der Waals surface area contributed by atoms with Crippen molar-refractivity contribution in [3.05, 3.63) is 64.2 Å². The summed E-state index contributed by atoms with van der Waals surface area (Å²) >= 11 is 6.06. The summed E-state index contributed by atoms with van der Waals surface area (Å²) < 4.78 is 5.23. The number of nitrogens with one attached hydrogen (secondary N) is 2. The van der Waals surface area contributed by atoms with Crippen LogP contribution in [0.3, 0.4) is 0 Å². The van der Waals surface area contributed by atoms with E-state index in [9.17, 15) is 14.4 Å². The zero-order valence-corrected chi connectivity index (χ0v) is 16.8. The third kappa shape index (κ3) is 5.44. The number of amides is 2. The first kappa shape index (κ1) is 21.2. The Morgan fingerprint density at radius 3 is 2.25 bits per heavy atom. The lowest BCUT2D eigenvalue weighted by molar-refractivity contribution is -0.114. The van der Waals surface area contributed by atoms with Gasteiger partial charge in [-0.1, -0.05) is 11.6 Å². The number of anilines is 2. The SMILES string of the molecule is COc1cc(Cl)c(C)cc1NC(=O)/C(C)=C\C(=O)Nc1ccc(C(C)=O)cc1. The third-order valence-electron chi connectivity index (χ3n) is 3.99. The quantitative estimate of drug-likeness (QED) is 0.556. The highest BCUT2D eigenvalue weighted by Crippen LogP contribution is 2.31. The number of halogens is 1. The predicted molar refractivity (Wildman–Crippen MR) is 110 cm³/mol. The van der Waals surface area contributed by atoms with E-state index in [2.05, 4.69) is 10.6 Å². The molecule has 0 spiro atoms. The lowest BCUT2D eigenvalue weighted by Gasteiger charge is -2.12. The van der Waals surface area contributed by atoms with Gasteiger partial charge in [-0.15, -0.1) is 0 Å². The van der Waals surface area contributed by atoms with Crippen molar-refractivity contribution in [2.75, 3.05) is 17.7 Å². The molecule has 0 aliphatic carbocycles. The summed E-state index contributed by atoms with van der Waals surface area (Å²) in [5, 5.41) is 5.88. The first-order valence-corrected chi connectivity index (χ1v) is 8.85. The molecule has 2 aromatic carbocycles. The number of rotatable bonds is 6. The van der Waals surface area contributed by atoms with Gasteiger partial charge in [-0.25, -0.2) is 0 Å². The van der Waals surface area contributed by atoms with Crippen LogP contribution < -0.4 is 15.4 Å². The zero-order valence-electron chi connectivity index (χ0n) is 16.1. The molecule has 0 aliphatic heterocycles. The molecule has 146 valence electrons. The minimum absolute atomic E-state index is 0.0573. The van der Waals surface area contributed by atoms with Crippen molar-refractivity contribution < 1.29 is 19.1 Å². The number of aryl methyl sites for hydroxylation is 1. The molecule has 2 rings (SSSR count). The van der Waals surface area contributed by atoms with Crippen molar-refractivity contribution in [3.8, 4) is 5.75 Å². The van der Waals surface area contributed by atoms with Crippen LogP contribution in [-0.2, 0) is 9.59 Å². The molecular weight excluding hydrogens is 380 g/mol. The average Bonchev–Trinajstić information content (AvgIpc) is 2.64. The van der Waals surface area contributed by atoms with E-state index in [0.29, 0.717) is 27.7 Å². The number of hydrogen-bond acceptors (Lipinski definition) is 4. The summed E-state index contributed by atoms with van der Waals surface area (Å²) in [6, 6.07) is 9.80. The van der Waals surface area contributed by atoms with Gasteiger partial charge in [0.1, 0.15) is 5.75 Å². The maximum atomic E-state index is 12.4. The molecule has 7 heteroatoms. The molecule has 0 bridgehead atoms. The number of Topliss-reactive ketones (excluding diaryl/α,β-unsaturated/α-hetero) is 1. The van der Waals surface area contributed by atoms with Crippen LogP contribution in [0.4, 0.5) is 11.4 Å². The summed E-state index contributed by atoms with van der Waals surface area (Å²) in [4.78, 5) is 35.8. The Balaban J connectivity index is 2.07. The number of hydrogen-bond donors (Lipinski definition) is 2. The lowest BCUT2D eigenvalue weighted by atomic mass is 10.1. The van der Waals surface area contributed by atoms with Crippen molar-refractivity contribution in [1.29, 1.82) is 0 Å². The van der Waals surface area contributed by atoms with Gasteiger partial charge < -0.3 is 15.4 Å². The molecule has 2 aromatic rings. The van der Waals surface area contributed by atoms with Crippen LogP contribution in [0.15, 0.2) is 48.0 Å². The van der Waals surface area contributed by atoms with Crippen LogP contribution in [0.25, 0.3) is 0 Å². The minimum Gasteiger partial charge on any atom is -0.495 e. The summed E-state index contributed by atoms with van der Waals surface area (Å²) in [6.07, 6.45) is 1.20. The minimum atomic E-state index is -0.456. The van der Waals surface area contributed by atoms with Gasteiger partial charge in [0, 0.05) is 34.0 Å². The van der Waals surface area contributed by atoms with Gasteiger partial charge >= 0.3 is 0 Å². The van der Waals surface area contributed by atoms with Crippen molar-refractivity contribution in [2.45, 2.75) is 20.8 Å². The van der Waals surface area contributed by atoms with Crippen LogP contribution in [0.5, 0.6) is 5.75 Å². The molecule has 6 nitrogen and oxygen atoms in total. The maximum absolute atomic E-state index is 12.4. The van der Waals surface area contributed by atoms with Crippen molar-refractivity contribution in [2.24, 2.45) is 0 Å². The Morgan fingerprint density at radius 2 is 1.68 bits per heavy atom. The fraction of sp³-hybridized carbons (Fsp3) is 0.190. The second-order valence-corrected chi connectivity index (χ2v) is 6.61. The van der Waals surface area contributed by atoms with Gasteiger partial charge in [0.25, 0.3) is 5.91 Å². The number of ketones is 1. The van der Waals surface area contributed by atoms with Crippen LogP contribution in [0, 0.1) is 6.92 Å². The molecule has 0 saturated carbocycles. The summed E-state index contributed by atoms with van der Waals surface area (Å²) in [5.74, 6) is -0.533. The molecule has 0 aliphatic rings. The van der Waals surface area contributed by atoms with Crippen LogP contribution in [0.2, 0.25) is 5.02 Å².